The van der Waals surface area contributed by atoms with E-state index in [-0.39, 0.29) is 23.3 Å². The second-order valence-electron chi connectivity index (χ2n) is 9.03. The average Bonchev–Trinajstić information content (AvgIpc) is 3.39. The Balaban J connectivity index is 1.62. The highest BCUT2D eigenvalue weighted by Crippen LogP contribution is 2.67. The smallest absolute Gasteiger partial charge is 0.174 e. The average molecular weight is 371 g/mol. The summed E-state index contributed by atoms with van der Waals surface area (Å²) < 4.78 is 12.4. The fourth-order valence-corrected chi connectivity index (χ4v) is 6.72. The van der Waals surface area contributed by atoms with Gasteiger partial charge in [0.25, 0.3) is 0 Å². The number of methoxy groups -OCH3 is 1. The number of phenols is 2. The first kappa shape index (κ1) is 16.2. The number of likely N-dealkylation sites (tertiary alicyclic amines) is 1. The zero-order valence-corrected chi connectivity index (χ0v) is 15.5. The van der Waals surface area contributed by atoms with Crippen LogP contribution in [0.5, 0.6) is 17.2 Å². The summed E-state index contributed by atoms with van der Waals surface area (Å²) in [5.74, 6) is 1.26. The molecule has 6 rings (SSSR count). The highest BCUT2D eigenvalue weighted by molar-refractivity contribution is 5.90. The molecule has 1 aromatic rings. The Morgan fingerprint density at radius 2 is 2.11 bits per heavy atom. The third-order valence-corrected chi connectivity index (χ3v) is 7.99. The quantitative estimate of drug-likeness (QED) is 0.845. The van der Waals surface area contributed by atoms with E-state index in [4.69, 9.17) is 9.47 Å². The SMILES string of the molecule is CO[C@@]12CCC(=O)C3Oc4c(O)cc(O)c5c4[C@@]31CCN(CC1CC1)[C@@H]2C5. The number of nitrogens with zero attached hydrogens (tertiary/aromatic N) is 1. The maximum absolute atomic E-state index is 12.9. The minimum atomic E-state index is -0.626. The molecule has 2 N–H and O–H groups in total. The lowest BCUT2D eigenvalue weighted by atomic mass is 9.48. The lowest BCUT2D eigenvalue weighted by Crippen LogP contribution is -2.77. The summed E-state index contributed by atoms with van der Waals surface area (Å²) in [4.78, 5) is 15.4. The molecule has 6 heteroatoms. The summed E-state index contributed by atoms with van der Waals surface area (Å²) in [7, 11) is 1.76. The molecule has 0 aromatic heterocycles. The minimum Gasteiger partial charge on any atom is -0.508 e. The van der Waals surface area contributed by atoms with Crippen molar-refractivity contribution in [3.05, 3.63) is 17.2 Å². The molecule has 27 heavy (non-hydrogen) atoms. The van der Waals surface area contributed by atoms with Gasteiger partial charge in [-0.05, 0) is 44.6 Å². The maximum Gasteiger partial charge on any atom is 0.174 e. The van der Waals surface area contributed by atoms with E-state index in [1.54, 1.807) is 7.11 Å². The van der Waals surface area contributed by atoms with Gasteiger partial charge < -0.3 is 19.7 Å². The summed E-state index contributed by atoms with van der Waals surface area (Å²) in [5.41, 5.74) is 0.540. The van der Waals surface area contributed by atoms with Gasteiger partial charge in [0.05, 0.1) is 11.0 Å². The number of benzene rings is 1. The number of Topliss-reactive ketones (excluding diaryl/α,β-unsaturated/α-hetero) is 1. The van der Waals surface area contributed by atoms with Gasteiger partial charge in [0.1, 0.15) is 5.75 Å². The van der Waals surface area contributed by atoms with Crippen molar-refractivity contribution in [3.8, 4) is 17.2 Å². The number of hydrogen-bond donors (Lipinski definition) is 2. The zero-order chi connectivity index (χ0) is 18.6. The van der Waals surface area contributed by atoms with Crippen molar-refractivity contribution >= 4 is 5.78 Å². The van der Waals surface area contributed by atoms with Crippen LogP contribution in [0, 0.1) is 5.92 Å². The normalized spacial score (nSPS) is 39.2. The van der Waals surface area contributed by atoms with Gasteiger partial charge in [0.2, 0.25) is 0 Å². The van der Waals surface area contributed by atoms with Gasteiger partial charge in [-0.15, -0.1) is 0 Å². The molecule has 6 nitrogen and oxygen atoms in total. The molecule has 5 aliphatic rings. The Morgan fingerprint density at radius 1 is 1.30 bits per heavy atom. The monoisotopic (exact) mass is 371 g/mol. The molecular weight excluding hydrogens is 346 g/mol. The van der Waals surface area contributed by atoms with E-state index in [1.807, 2.05) is 0 Å². The lowest BCUT2D eigenvalue weighted by molar-refractivity contribution is -0.202. The van der Waals surface area contributed by atoms with E-state index in [9.17, 15) is 15.0 Å². The number of carbonyl (C=O) groups is 1. The minimum absolute atomic E-state index is 0.0771. The van der Waals surface area contributed by atoms with Gasteiger partial charge in [0, 0.05) is 43.3 Å². The first-order valence-corrected chi connectivity index (χ1v) is 10.1. The number of carbonyl (C=O) groups excluding carboxylic acids is 1. The molecule has 0 radical (unpaired) electrons. The molecule has 2 bridgehead atoms. The van der Waals surface area contributed by atoms with Crippen LogP contribution in [0.15, 0.2) is 6.07 Å². The van der Waals surface area contributed by atoms with Gasteiger partial charge in [-0.2, -0.15) is 0 Å². The van der Waals surface area contributed by atoms with Crippen LogP contribution in [-0.2, 0) is 21.4 Å². The van der Waals surface area contributed by atoms with Gasteiger partial charge in [-0.3, -0.25) is 9.69 Å². The first-order valence-electron chi connectivity index (χ1n) is 10.1. The second kappa shape index (κ2) is 4.97. The summed E-state index contributed by atoms with van der Waals surface area (Å²) >= 11 is 0. The van der Waals surface area contributed by atoms with E-state index >= 15 is 0 Å². The van der Waals surface area contributed by atoms with E-state index < -0.39 is 17.1 Å². The van der Waals surface area contributed by atoms with Crippen LogP contribution in [0.4, 0.5) is 0 Å². The summed E-state index contributed by atoms with van der Waals surface area (Å²) in [6, 6.07) is 1.48. The number of aromatic hydroxyl groups is 2. The molecule has 1 unspecified atom stereocenters. The fourth-order valence-electron chi connectivity index (χ4n) is 6.72. The van der Waals surface area contributed by atoms with E-state index in [0.29, 0.717) is 25.0 Å². The third kappa shape index (κ3) is 1.72. The molecule has 1 spiro atoms. The van der Waals surface area contributed by atoms with Gasteiger partial charge in [-0.25, -0.2) is 0 Å². The third-order valence-electron chi connectivity index (χ3n) is 7.99. The lowest BCUT2D eigenvalue weighted by Gasteiger charge is -2.64. The number of hydrogen-bond acceptors (Lipinski definition) is 6. The summed E-state index contributed by atoms with van der Waals surface area (Å²) in [6.07, 6.45) is 4.48. The van der Waals surface area contributed by atoms with Crippen LogP contribution < -0.4 is 4.74 Å². The highest BCUT2D eigenvalue weighted by Gasteiger charge is 2.74. The van der Waals surface area contributed by atoms with Crippen molar-refractivity contribution in [1.29, 1.82) is 0 Å². The molecule has 3 fully saturated rings. The predicted octanol–water partition coefficient (Wildman–Crippen LogP) is 1.89. The topological polar surface area (TPSA) is 79.2 Å². The Bertz CT molecular complexity index is 865. The van der Waals surface area contributed by atoms with E-state index in [0.717, 1.165) is 36.6 Å². The van der Waals surface area contributed by atoms with Crippen molar-refractivity contribution in [2.45, 2.75) is 61.7 Å². The van der Waals surface area contributed by atoms with Crippen LogP contribution in [0.1, 0.15) is 43.2 Å². The van der Waals surface area contributed by atoms with E-state index in [2.05, 4.69) is 4.90 Å². The van der Waals surface area contributed by atoms with Crippen LogP contribution in [0.3, 0.4) is 0 Å². The Labute approximate surface area is 158 Å². The number of piperidine rings is 1. The van der Waals surface area contributed by atoms with Crippen LogP contribution >= 0.6 is 0 Å². The number of ether oxygens (including phenoxy) is 2. The fraction of sp³-hybridized carbons (Fsp3) is 0.667. The molecule has 1 aromatic carbocycles. The molecule has 2 aliphatic heterocycles. The standard InChI is InChI=1S/C21H25NO5/c1-26-21-5-4-13(23)19-20(21)6-7-22(10-11-2-3-11)16(21)8-12-14(24)9-15(25)18(27-19)17(12)20/h9,11,16,19,24-25H,2-8,10H2,1H3/t16-,19?,20+,21-/m1/s1. The maximum atomic E-state index is 12.9. The second-order valence-corrected chi connectivity index (χ2v) is 9.03. The number of phenolic OH excluding ortho intramolecular Hbond substituents is 2. The summed E-state index contributed by atoms with van der Waals surface area (Å²) in [5, 5.41) is 21.1. The first-order chi connectivity index (χ1) is 13.0. The molecular formula is C21H25NO5. The largest absolute Gasteiger partial charge is 0.508 e. The molecule has 4 atom stereocenters. The number of ketones is 1. The zero-order valence-electron chi connectivity index (χ0n) is 15.5. The molecule has 0 amide bonds. The van der Waals surface area contributed by atoms with Crippen molar-refractivity contribution in [2.24, 2.45) is 5.92 Å². The van der Waals surface area contributed by atoms with Crippen LogP contribution in [0.2, 0.25) is 0 Å². The van der Waals surface area contributed by atoms with E-state index in [1.165, 1.54) is 18.9 Å². The Kier molecular flexibility index (Phi) is 2.98. The predicted molar refractivity (Wildman–Crippen MR) is 96.3 cm³/mol. The Hall–Kier alpha value is -1.79. The molecule has 2 saturated carbocycles. The van der Waals surface area contributed by atoms with Gasteiger partial charge >= 0.3 is 0 Å². The molecule has 144 valence electrons. The Morgan fingerprint density at radius 3 is 2.85 bits per heavy atom. The van der Waals surface area contributed by atoms with Crippen molar-refractivity contribution in [2.75, 3.05) is 20.2 Å². The van der Waals surface area contributed by atoms with Crippen LogP contribution in [0.25, 0.3) is 0 Å². The highest BCUT2D eigenvalue weighted by atomic mass is 16.5. The van der Waals surface area contributed by atoms with Crippen LogP contribution in [-0.4, -0.2) is 58.8 Å². The van der Waals surface area contributed by atoms with Gasteiger partial charge in [0.15, 0.2) is 23.4 Å². The molecule has 3 aliphatic carbocycles. The van der Waals surface area contributed by atoms with Crippen molar-refractivity contribution in [3.63, 3.8) is 0 Å². The van der Waals surface area contributed by atoms with Crippen molar-refractivity contribution in [1.82, 2.24) is 4.90 Å². The summed E-state index contributed by atoms with van der Waals surface area (Å²) in [6.45, 7) is 1.96. The molecule has 1 saturated heterocycles. The van der Waals surface area contributed by atoms with Crippen molar-refractivity contribution < 1.29 is 24.5 Å². The molecule has 2 heterocycles. The van der Waals surface area contributed by atoms with Gasteiger partial charge in [-0.1, -0.05) is 0 Å². The number of rotatable bonds is 3.